The molecule has 0 aliphatic carbocycles. The van der Waals surface area contributed by atoms with E-state index in [1.807, 2.05) is 5.38 Å². The van der Waals surface area contributed by atoms with Gasteiger partial charge in [0.1, 0.15) is 10.9 Å². The van der Waals surface area contributed by atoms with Gasteiger partial charge in [-0.3, -0.25) is 9.59 Å². The van der Waals surface area contributed by atoms with Crippen LogP contribution in [0.25, 0.3) is 0 Å². The summed E-state index contributed by atoms with van der Waals surface area (Å²) in [4.78, 5) is 26.2. The van der Waals surface area contributed by atoms with Gasteiger partial charge < -0.3 is 16.4 Å². The first-order chi connectivity index (χ1) is 9.65. The number of thiophene rings is 1. The Balaban J connectivity index is 2.26. The largest absolute Gasteiger partial charge is 0.368 e. The fourth-order valence-electron chi connectivity index (χ4n) is 2.32. The maximum atomic E-state index is 12.6. The van der Waals surface area contributed by atoms with Crippen LogP contribution in [0.3, 0.4) is 0 Å². The second-order valence-electron chi connectivity index (χ2n) is 4.58. The topological polar surface area (TPSA) is 89.4 Å². The molecule has 1 aliphatic heterocycles. The lowest BCUT2D eigenvalue weighted by Crippen LogP contribution is -2.50. The third kappa shape index (κ3) is 3.00. The van der Waals surface area contributed by atoms with Gasteiger partial charge in [0.05, 0.1) is 6.54 Å². The molecule has 1 unspecified atom stereocenters. The normalized spacial score (nSPS) is 18.2. The monoisotopic (exact) mass is 291 g/mol. The summed E-state index contributed by atoms with van der Waals surface area (Å²) < 4.78 is 0. The van der Waals surface area contributed by atoms with Gasteiger partial charge in [-0.05, 0) is 30.7 Å². The highest BCUT2D eigenvalue weighted by atomic mass is 32.1. The van der Waals surface area contributed by atoms with Crippen molar-refractivity contribution >= 4 is 23.2 Å². The third-order valence-corrected chi connectivity index (χ3v) is 4.18. The first-order valence-corrected chi connectivity index (χ1v) is 7.40. The Labute approximate surface area is 121 Å². The number of primary amides is 1. The summed E-state index contributed by atoms with van der Waals surface area (Å²) in [5.41, 5.74) is 11.4. The lowest BCUT2D eigenvalue weighted by molar-refractivity contribution is -0.123. The summed E-state index contributed by atoms with van der Waals surface area (Å²) in [6, 6.07) is 1.29. The Kier molecular flexibility index (Phi) is 4.77. The zero-order valence-electron chi connectivity index (χ0n) is 11.1. The van der Waals surface area contributed by atoms with Gasteiger partial charge in [0.15, 0.2) is 0 Å². The summed E-state index contributed by atoms with van der Waals surface area (Å²) in [7, 11) is 0. The summed E-state index contributed by atoms with van der Waals surface area (Å²) in [6.45, 7) is 0.811. The zero-order valence-corrected chi connectivity index (χ0v) is 11.9. The van der Waals surface area contributed by atoms with E-state index in [1.165, 1.54) is 11.3 Å². The lowest BCUT2D eigenvalue weighted by atomic mass is 10.0. The molecule has 6 heteroatoms. The van der Waals surface area contributed by atoms with Crippen LogP contribution in [-0.2, 0) is 4.79 Å². The van der Waals surface area contributed by atoms with E-state index in [2.05, 4.69) is 11.8 Å². The second kappa shape index (κ2) is 6.55. The molecular weight excluding hydrogens is 274 g/mol. The third-order valence-electron chi connectivity index (χ3n) is 3.28. The van der Waals surface area contributed by atoms with Crippen molar-refractivity contribution in [3.8, 4) is 11.8 Å². The minimum absolute atomic E-state index is 0.162. The molecule has 2 heterocycles. The number of hydrogen-bond donors (Lipinski definition) is 2. The molecule has 4 N–H and O–H groups in total. The van der Waals surface area contributed by atoms with E-state index in [-0.39, 0.29) is 12.5 Å². The fourth-order valence-corrected chi connectivity index (χ4v) is 3.12. The molecule has 1 aromatic rings. The van der Waals surface area contributed by atoms with Gasteiger partial charge in [-0.1, -0.05) is 11.8 Å². The molecule has 2 rings (SSSR count). The van der Waals surface area contributed by atoms with E-state index in [0.717, 1.165) is 12.8 Å². The van der Waals surface area contributed by atoms with Crippen LogP contribution >= 0.6 is 11.3 Å². The molecular formula is C14H17N3O2S. The van der Waals surface area contributed by atoms with Crippen LogP contribution in [0.1, 0.15) is 34.5 Å². The van der Waals surface area contributed by atoms with E-state index in [4.69, 9.17) is 11.5 Å². The molecule has 1 saturated heterocycles. The molecule has 1 aliphatic rings. The molecule has 0 saturated carbocycles. The number of piperidine rings is 1. The quantitative estimate of drug-likeness (QED) is 0.779. The standard InChI is InChI=1S/C14H17N3O2S/c15-7-3-4-10-6-9-20-12(10)14(19)17-8-2-1-5-11(17)13(16)18/h6,9,11H,1-2,5,7-8,15H2,(H2,16,18). The number of likely N-dealkylation sites (tertiary alicyclic amines) is 1. The average Bonchev–Trinajstić information content (AvgIpc) is 2.92. The molecule has 1 aromatic heterocycles. The van der Waals surface area contributed by atoms with E-state index >= 15 is 0 Å². The highest BCUT2D eigenvalue weighted by Crippen LogP contribution is 2.24. The van der Waals surface area contributed by atoms with Crippen molar-refractivity contribution in [2.75, 3.05) is 13.1 Å². The number of carbonyl (C=O) groups is 2. The van der Waals surface area contributed by atoms with Crippen molar-refractivity contribution in [2.45, 2.75) is 25.3 Å². The van der Waals surface area contributed by atoms with Crippen molar-refractivity contribution in [3.63, 3.8) is 0 Å². The number of carbonyl (C=O) groups excluding carboxylic acids is 2. The molecule has 2 amide bonds. The smallest absolute Gasteiger partial charge is 0.265 e. The number of rotatable bonds is 2. The zero-order chi connectivity index (χ0) is 14.5. The van der Waals surface area contributed by atoms with Crippen LogP contribution in [-0.4, -0.2) is 35.8 Å². The molecule has 0 spiro atoms. The van der Waals surface area contributed by atoms with Crippen LogP contribution in [0.5, 0.6) is 0 Å². The van der Waals surface area contributed by atoms with Gasteiger partial charge in [0, 0.05) is 12.1 Å². The van der Waals surface area contributed by atoms with E-state index in [0.29, 0.717) is 23.4 Å². The second-order valence-corrected chi connectivity index (χ2v) is 5.50. The lowest BCUT2D eigenvalue weighted by Gasteiger charge is -2.33. The Bertz CT molecular complexity index is 570. The molecule has 5 nitrogen and oxygen atoms in total. The van der Waals surface area contributed by atoms with Gasteiger partial charge >= 0.3 is 0 Å². The minimum atomic E-state index is -0.506. The SMILES string of the molecule is NCC#Cc1ccsc1C(=O)N1CCCCC1C(N)=O. The number of nitrogens with two attached hydrogens (primary N) is 2. The minimum Gasteiger partial charge on any atom is -0.368 e. The summed E-state index contributed by atoms with van der Waals surface area (Å²) in [5.74, 6) is 5.03. The van der Waals surface area contributed by atoms with E-state index in [9.17, 15) is 9.59 Å². The van der Waals surface area contributed by atoms with Gasteiger partial charge in [0.2, 0.25) is 5.91 Å². The highest BCUT2D eigenvalue weighted by Gasteiger charge is 2.32. The Morgan fingerprint density at radius 3 is 2.95 bits per heavy atom. The van der Waals surface area contributed by atoms with Gasteiger partial charge in [-0.15, -0.1) is 11.3 Å². The van der Waals surface area contributed by atoms with Gasteiger partial charge in [-0.25, -0.2) is 0 Å². The Morgan fingerprint density at radius 2 is 2.25 bits per heavy atom. The Hall–Kier alpha value is -1.84. The molecule has 20 heavy (non-hydrogen) atoms. The van der Waals surface area contributed by atoms with E-state index in [1.54, 1.807) is 11.0 Å². The van der Waals surface area contributed by atoms with Crippen molar-refractivity contribution in [1.82, 2.24) is 4.90 Å². The van der Waals surface area contributed by atoms with Gasteiger partial charge in [0.25, 0.3) is 5.91 Å². The number of nitrogens with zero attached hydrogens (tertiary/aromatic N) is 1. The van der Waals surface area contributed by atoms with Gasteiger partial charge in [-0.2, -0.15) is 0 Å². The van der Waals surface area contributed by atoms with Crippen LogP contribution < -0.4 is 11.5 Å². The number of amides is 2. The maximum absolute atomic E-state index is 12.6. The molecule has 0 radical (unpaired) electrons. The first-order valence-electron chi connectivity index (χ1n) is 6.52. The highest BCUT2D eigenvalue weighted by molar-refractivity contribution is 7.12. The summed E-state index contributed by atoms with van der Waals surface area (Å²) in [6.07, 6.45) is 2.45. The Morgan fingerprint density at radius 1 is 1.45 bits per heavy atom. The van der Waals surface area contributed by atoms with Crippen molar-refractivity contribution in [2.24, 2.45) is 11.5 Å². The van der Waals surface area contributed by atoms with Crippen LogP contribution in [0.2, 0.25) is 0 Å². The van der Waals surface area contributed by atoms with Crippen molar-refractivity contribution in [1.29, 1.82) is 0 Å². The van der Waals surface area contributed by atoms with Crippen LogP contribution in [0.15, 0.2) is 11.4 Å². The summed E-state index contributed by atoms with van der Waals surface area (Å²) in [5, 5.41) is 1.82. The molecule has 0 aromatic carbocycles. The fraction of sp³-hybridized carbons (Fsp3) is 0.429. The van der Waals surface area contributed by atoms with E-state index < -0.39 is 11.9 Å². The predicted octanol–water partition coefficient (Wildman–Crippen LogP) is 0.538. The average molecular weight is 291 g/mol. The van der Waals surface area contributed by atoms with Crippen molar-refractivity contribution < 1.29 is 9.59 Å². The summed E-state index contributed by atoms with van der Waals surface area (Å²) >= 11 is 1.33. The predicted molar refractivity (Wildman–Crippen MR) is 78.1 cm³/mol. The van der Waals surface area contributed by atoms with Crippen LogP contribution in [0, 0.1) is 11.8 Å². The molecule has 1 fully saturated rings. The first kappa shape index (κ1) is 14.6. The molecule has 0 bridgehead atoms. The molecule has 1 atom stereocenters. The number of hydrogen-bond acceptors (Lipinski definition) is 4. The maximum Gasteiger partial charge on any atom is 0.265 e. The molecule has 106 valence electrons. The van der Waals surface area contributed by atoms with Crippen LogP contribution in [0.4, 0.5) is 0 Å². The van der Waals surface area contributed by atoms with Crippen molar-refractivity contribution in [3.05, 3.63) is 21.9 Å².